The highest BCUT2D eigenvalue weighted by molar-refractivity contribution is 4.84. The second kappa shape index (κ2) is 6.38. The van der Waals surface area contributed by atoms with Gasteiger partial charge in [0.05, 0.1) is 6.61 Å². The Labute approximate surface area is 112 Å². The third-order valence-electron chi connectivity index (χ3n) is 5.37. The van der Waals surface area contributed by atoms with Gasteiger partial charge in [-0.05, 0) is 37.5 Å². The lowest BCUT2D eigenvalue weighted by Crippen LogP contribution is -2.39. The van der Waals surface area contributed by atoms with Gasteiger partial charge in [0, 0.05) is 19.4 Å². The summed E-state index contributed by atoms with van der Waals surface area (Å²) in [5.74, 6) is 2.03. The fourth-order valence-electron chi connectivity index (χ4n) is 3.76. The van der Waals surface area contributed by atoms with Crippen LogP contribution in [0.15, 0.2) is 0 Å². The fourth-order valence-corrected chi connectivity index (χ4v) is 3.76. The highest BCUT2D eigenvalue weighted by Crippen LogP contribution is 2.40. The van der Waals surface area contributed by atoms with Gasteiger partial charge in [0.1, 0.15) is 0 Å². The minimum absolute atomic E-state index is 0.262. The lowest BCUT2D eigenvalue weighted by molar-refractivity contribution is -0.246. The maximum absolute atomic E-state index is 6.24. The molecule has 0 spiro atoms. The molecule has 0 N–H and O–H groups in total. The third kappa shape index (κ3) is 3.08. The highest BCUT2D eigenvalue weighted by Gasteiger charge is 2.42. The summed E-state index contributed by atoms with van der Waals surface area (Å²) in [5, 5.41) is 0. The topological polar surface area (TPSA) is 18.5 Å². The van der Waals surface area contributed by atoms with Gasteiger partial charge in [-0.15, -0.1) is 0 Å². The van der Waals surface area contributed by atoms with E-state index < -0.39 is 0 Å². The molecule has 2 nitrogen and oxygen atoms in total. The van der Waals surface area contributed by atoms with Gasteiger partial charge < -0.3 is 9.47 Å². The first-order valence-electron chi connectivity index (χ1n) is 7.89. The number of hydrogen-bond acceptors (Lipinski definition) is 2. The number of ether oxygens (including phenoxy) is 2. The molecule has 2 fully saturated rings. The van der Waals surface area contributed by atoms with Crippen LogP contribution >= 0.6 is 0 Å². The largest absolute Gasteiger partial charge is 0.353 e. The van der Waals surface area contributed by atoms with E-state index in [9.17, 15) is 0 Å². The molecule has 2 rings (SSSR count). The maximum Gasteiger partial charge on any atom is 0.170 e. The van der Waals surface area contributed by atoms with Crippen molar-refractivity contribution < 1.29 is 9.47 Å². The Hall–Kier alpha value is -0.0800. The van der Waals surface area contributed by atoms with Crippen molar-refractivity contribution in [1.29, 1.82) is 0 Å². The molecule has 0 aromatic carbocycles. The Kier molecular flexibility index (Phi) is 5.08. The summed E-state index contributed by atoms with van der Waals surface area (Å²) in [6.07, 6.45) is 10.4. The molecule has 0 radical (unpaired) electrons. The summed E-state index contributed by atoms with van der Waals surface area (Å²) in [4.78, 5) is 0. The molecule has 0 aromatic heterocycles. The zero-order chi connectivity index (χ0) is 13.0. The minimum Gasteiger partial charge on any atom is -0.353 e. The van der Waals surface area contributed by atoms with Gasteiger partial charge in [0.25, 0.3) is 0 Å². The van der Waals surface area contributed by atoms with Crippen LogP contribution in [-0.4, -0.2) is 19.5 Å². The highest BCUT2D eigenvalue weighted by atomic mass is 16.7. The third-order valence-corrected chi connectivity index (χ3v) is 5.37. The molecule has 0 heterocycles. The molecule has 0 bridgehead atoms. The van der Waals surface area contributed by atoms with Gasteiger partial charge in [-0.2, -0.15) is 0 Å². The van der Waals surface area contributed by atoms with Gasteiger partial charge in [-0.25, -0.2) is 0 Å². The van der Waals surface area contributed by atoms with Gasteiger partial charge in [0.15, 0.2) is 5.79 Å². The standard InChI is InChI=1S/C16H30O2/c1-4-14-7-9-15(10-8-14)12-18-16(17-3)11-5-6-13(16)2/h13-15H,4-12H2,1-3H3. The fraction of sp³-hybridized carbons (Fsp3) is 1.00. The van der Waals surface area contributed by atoms with E-state index in [1.165, 1.54) is 44.9 Å². The van der Waals surface area contributed by atoms with Crippen molar-refractivity contribution in [2.45, 2.75) is 71.0 Å². The summed E-state index contributed by atoms with van der Waals surface area (Å²) in [7, 11) is 1.82. The van der Waals surface area contributed by atoms with Crippen LogP contribution in [0.4, 0.5) is 0 Å². The molecule has 2 saturated carbocycles. The molecule has 2 atom stereocenters. The van der Waals surface area contributed by atoms with E-state index in [1.54, 1.807) is 0 Å². The second-order valence-corrected chi connectivity index (χ2v) is 6.42. The SMILES string of the molecule is CCC1CCC(COC2(OC)CCCC2C)CC1. The van der Waals surface area contributed by atoms with Crippen molar-refractivity contribution >= 4 is 0 Å². The average molecular weight is 254 g/mol. The Morgan fingerprint density at radius 2 is 1.72 bits per heavy atom. The van der Waals surface area contributed by atoms with Crippen LogP contribution in [0, 0.1) is 17.8 Å². The zero-order valence-electron chi connectivity index (χ0n) is 12.4. The molecule has 2 heteroatoms. The average Bonchev–Trinajstić information content (AvgIpc) is 2.79. The molecule has 2 aliphatic carbocycles. The van der Waals surface area contributed by atoms with Crippen LogP contribution in [0.25, 0.3) is 0 Å². The molecule has 2 unspecified atom stereocenters. The molecule has 0 aromatic rings. The van der Waals surface area contributed by atoms with Gasteiger partial charge in [0.2, 0.25) is 0 Å². The van der Waals surface area contributed by atoms with E-state index in [0.29, 0.717) is 5.92 Å². The first-order chi connectivity index (χ1) is 8.70. The Balaban J connectivity index is 1.77. The van der Waals surface area contributed by atoms with Crippen molar-refractivity contribution in [1.82, 2.24) is 0 Å². The normalized spacial score (nSPS) is 41.2. The van der Waals surface area contributed by atoms with Gasteiger partial charge >= 0.3 is 0 Å². The first-order valence-corrected chi connectivity index (χ1v) is 7.89. The zero-order valence-corrected chi connectivity index (χ0v) is 12.4. The maximum atomic E-state index is 6.24. The summed E-state index contributed by atoms with van der Waals surface area (Å²) in [5.41, 5.74) is 0. The van der Waals surface area contributed by atoms with Gasteiger partial charge in [-0.1, -0.05) is 33.1 Å². The summed E-state index contributed by atoms with van der Waals surface area (Å²) >= 11 is 0. The van der Waals surface area contributed by atoms with Crippen molar-refractivity contribution in [3.63, 3.8) is 0 Å². The quantitative estimate of drug-likeness (QED) is 0.678. The monoisotopic (exact) mass is 254 g/mol. The van der Waals surface area contributed by atoms with Crippen molar-refractivity contribution in [3.05, 3.63) is 0 Å². The van der Waals surface area contributed by atoms with Gasteiger partial charge in [-0.3, -0.25) is 0 Å². The molecule has 0 amide bonds. The Bertz CT molecular complexity index is 245. The molecule has 2 aliphatic rings. The minimum atomic E-state index is -0.262. The molecule has 106 valence electrons. The number of rotatable bonds is 5. The number of hydrogen-bond donors (Lipinski definition) is 0. The predicted molar refractivity (Wildman–Crippen MR) is 74.4 cm³/mol. The second-order valence-electron chi connectivity index (χ2n) is 6.42. The summed E-state index contributed by atoms with van der Waals surface area (Å²) < 4.78 is 12.0. The van der Waals surface area contributed by atoms with Crippen LogP contribution in [0.5, 0.6) is 0 Å². The van der Waals surface area contributed by atoms with E-state index in [1.807, 2.05) is 7.11 Å². The van der Waals surface area contributed by atoms with Crippen molar-refractivity contribution in [2.75, 3.05) is 13.7 Å². The Morgan fingerprint density at radius 1 is 1.06 bits per heavy atom. The van der Waals surface area contributed by atoms with E-state index in [4.69, 9.17) is 9.47 Å². The van der Waals surface area contributed by atoms with E-state index in [2.05, 4.69) is 13.8 Å². The molecular weight excluding hydrogens is 224 g/mol. The molecular formula is C16H30O2. The van der Waals surface area contributed by atoms with Crippen molar-refractivity contribution in [3.8, 4) is 0 Å². The summed E-state index contributed by atoms with van der Waals surface area (Å²) in [6.45, 7) is 5.50. The van der Waals surface area contributed by atoms with Crippen LogP contribution in [0.1, 0.15) is 65.2 Å². The molecule has 0 saturated heterocycles. The number of methoxy groups -OCH3 is 1. The summed E-state index contributed by atoms with van der Waals surface area (Å²) in [6, 6.07) is 0. The van der Waals surface area contributed by atoms with Crippen molar-refractivity contribution in [2.24, 2.45) is 17.8 Å². The molecule has 0 aliphatic heterocycles. The van der Waals surface area contributed by atoms with E-state index in [-0.39, 0.29) is 5.79 Å². The van der Waals surface area contributed by atoms with Crippen LogP contribution in [-0.2, 0) is 9.47 Å². The van der Waals surface area contributed by atoms with Crippen LogP contribution in [0.2, 0.25) is 0 Å². The molecule has 18 heavy (non-hydrogen) atoms. The Morgan fingerprint density at radius 3 is 2.22 bits per heavy atom. The smallest absolute Gasteiger partial charge is 0.170 e. The first kappa shape index (κ1) is 14.3. The predicted octanol–water partition coefficient (Wildman–Crippen LogP) is 4.38. The van der Waals surface area contributed by atoms with Crippen LogP contribution < -0.4 is 0 Å². The van der Waals surface area contributed by atoms with E-state index >= 15 is 0 Å². The lowest BCUT2D eigenvalue weighted by atomic mass is 9.81. The van der Waals surface area contributed by atoms with Crippen LogP contribution in [0.3, 0.4) is 0 Å². The van der Waals surface area contributed by atoms with E-state index in [0.717, 1.165) is 24.9 Å². The lowest BCUT2D eigenvalue weighted by Gasteiger charge is -2.35.